The highest BCUT2D eigenvalue weighted by atomic mass is 32.2. The van der Waals surface area contributed by atoms with Gasteiger partial charge in [0, 0.05) is 13.3 Å². The fourth-order valence-electron chi connectivity index (χ4n) is 1.74. The van der Waals surface area contributed by atoms with Gasteiger partial charge in [0.05, 0.1) is 17.4 Å². The highest BCUT2D eigenvalue weighted by molar-refractivity contribution is 7.90. The summed E-state index contributed by atoms with van der Waals surface area (Å²) < 4.78 is 28.5. The van der Waals surface area contributed by atoms with E-state index >= 15 is 0 Å². The molecule has 98 valence electrons. The summed E-state index contributed by atoms with van der Waals surface area (Å²) in [4.78, 5) is 11.3. The Kier molecular flexibility index (Phi) is 3.04. The van der Waals surface area contributed by atoms with Crippen molar-refractivity contribution in [3.8, 4) is 0 Å². The number of sulfone groups is 1. The number of nitrogens with zero attached hydrogens (tertiary/aromatic N) is 1. The summed E-state index contributed by atoms with van der Waals surface area (Å²) in [7, 11) is -1.71. The first-order chi connectivity index (χ1) is 8.28. The van der Waals surface area contributed by atoms with Gasteiger partial charge in [-0.05, 0) is 17.7 Å². The largest absolute Gasteiger partial charge is 0.419 e. The van der Waals surface area contributed by atoms with Crippen LogP contribution in [0.4, 0.5) is 0 Å². The number of aliphatic hydroxyl groups excluding tert-OH is 1. The van der Waals surface area contributed by atoms with Gasteiger partial charge in [-0.1, -0.05) is 6.07 Å². The number of rotatable bonds is 3. The number of benzene rings is 1. The lowest BCUT2D eigenvalue weighted by Gasteiger charge is -2.09. The maximum absolute atomic E-state index is 11.3. The lowest BCUT2D eigenvalue weighted by Crippen LogP contribution is -2.12. The maximum atomic E-state index is 11.3. The van der Waals surface area contributed by atoms with E-state index in [1.807, 2.05) is 0 Å². The number of aliphatic hydroxyl groups is 1. The molecule has 7 heteroatoms. The summed E-state index contributed by atoms with van der Waals surface area (Å²) in [6.07, 6.45) is -0.0767. The second kappa shape index (κ2) is 4.25. The Balaban J connectivity index is 2.44. The maximum Gasteiger partial charge on any atom is 0.419 e. The second-order valence-corrected chi connectivity index (χ2v) is 6.45. The number of hydrogen-bond donors (Lipinski definition) is 1. The molecular weight excluding hydrogens is 258 g/mol. The van der Waals surface area contributed by atoms with Crippen molar-refractivity contribution >= 4 is 20.9 Å². The molecule has 1 atom stereocenters. The Morgan fingerprint density at radius 2 is 2.11 bits per heavy atom. The van der Waals surface area contributed by atoms with Gasteiger partial charge >= 0.3 is 5.76 Å². The van der Waals surface area contributed by atoms with Gasteiger partial charge in [0.1, 0.15) is 9.84 Å². The standard InChI is InChI=1S/C11H13NO5S/c1-12-8-4-3-7(5-10(8)17-11(12)14)9(13)6-18(2,15)16/h3-5,9,13H,6H2,1-2H3. The molecule has 0 spiro atoms. The number of fused-ring (bicyclic) bond motifs is 1. The molecule has 0 aliphatic rings. The molecule has 1 aromatic heterocycles. The Labute approximate surface area is 103 Å². The first-order valence-electron chi connectivity index (χ1n) is 5.23. The monoisotopic (exact) mass is 271 g/mol. The fourth-order valence-corrected chi connectivity index (χ4v) is 2.51. The smallest absolute Gasteiger partial charge is 0.408 e. The molecule has 0 amide bonds. The molecule has 6 nitrogen and oxygen atoms in total. The number of oxazole rings is 1. The van der Waals surface area contributed by atoms with E-state index in [4.69, 9.17) is 4.42 Å². The van der Waals surface area contributed by atoms with Crippen molar-refractivity contribution in [3.63, 3.8) is 0 Å². The van der Waals surface area contributed by atoms with Crippen LogP contribution in [0.2, 0.25) is 0 Å². The van der Waals surface area contributed by atoms with Crippen molar-refractivity contribution in [3.05, 3.63) is 34.3 Å². The zero-order chi connectivity index (χ0) is 13.5. The summed E-state index contributed by atoms with van der Waals surface area (Å²) in [6, 6.07) is 4.67. The lowest BCUT2D eigenvalue weighted by atomic mass is 10.1. The first-order valence-corrected chi connectivity index (χ1v) is 7.29. The Bertz CT molecular complexity index is 740. The lowest BCUT2D eigenvalue weighted by molar-refractivity contribution is 0.202. The number of aryl methyl sites for hydroxylation is 1. The van der Waals surface area contributed by atoms with Crippen molar-refractivity contribution < 1.29 is 17.9 Å². The first kappa shape index (κ1) is 12.8. The Morgan fingerprint density at radius 1 is 1.44 bits per heavy atom. The highest BCUT2D eigenvalue weighted by Crippen LogP contribution is 2.20. The molecule has 0 saturated carbocycles. The summed E-state index contributed by atoms with van der Waals surface area (Å²) in [5.74, 6) is -0.866. The van der Waals surface area contributed by atoms with E-state index in [-0.39, 0.29) is 5.75 Å². The zero-order valence-corrected chi connectivity index (χ0v) is 10.8. The quantitative estimate of drug-likeness (QED) is 0.862. The van der Waals surface area contributed by atoms with Gasteiger partial charge in [-0.25, -0.2) is 13.2 Å². The van der Waals surface area contributed by atoms with E-state index < -0.39 is 21.7 Å². The molecule has 0 saturated heterocycles. The normalized spacial score (nSPS) is 13.9. The molecule has 0 aliphatic heterocycles. The summed E-state index contributed by atoms with van der Waals surface area (Å²) >= 11 is 0. The van der Waals surface area contributed by atoms with Crippen molar-refractivity contribution in [1.82, 2.24) is 4.57 Å². The van der Waals surface area contributed by atoms with E-state index in [2.05, 4.69) is 0 Å². The minimum Gasteiger partial charge on any atom is -0.408 e. The van der Waals surface area contributed by atoms with E-state index in [0.717, 1.165) is 6.26 Å². The van der Waals surface area contributed by atoms with Crippen LogP contribution in [-0.4, -0.2) is 30.1 Å². The molecule has 1 unspecified atom stereocenters. The van der Waals surface area contributed by atoms with Gasteiger partial charge in [-0.15, -0.1) is 0 Å². The van der Waals surface area contributed by atoms with Gasteiger partial charge in [-0.3, -0.25) is 4.57 Å². The molecule has 2 aromatic rings. The molecule has 0 bridgehead atoms. The molecule has 1 heterocycles. The van der Waals surface area contributed by atoms with Crippen molar-refractivity contribution in [2.45, 2.75) is 6.10 Å². The average Bonchev–Trinajstić information content (AvgIpc) is 2.52. The topological polar surface area (TPSA) is 89.5 Å². The van der Waals surface area contributed by atoms with Gasteiger partial charge in [0.25, 0.3) is 0 Å². The van der Waals surface area contributed by atoms with Crippen LogP contribution in [0.5, 0.6) is 0 Å². The van der Waals surface area contributed by atoms with Gasteiger partial charge < -0.3 is 9.52 Å². The van der Waals surface area contributed by atoms with Gasteiger partial charge in [0.2, 0.25) is 0 Å². The SMILES string of the molecule is Cn1c(=O)oc2cc(C(O)CS(C)(=O)=O)ccc21. The minimum atomic E-state index is -3.28. The summed E-state index contributed by atoms with van der Waals surface area (Å²) in [5.41, 5.74) is 1.32. The van der Waals surface area contributed by atoms with Crippen LogP contribution in [0.3, 0.4) is 0 Å². The summed E-state index contributed by atoms with van der Waals surface area (Å²) in [6.45, 7) is 0. The van der Waals surface area contributed by atoms with Crippen molar-refractivity contribution in [2.75, 3.05) is 12.0 Å². The molecule has 0 radical (unpaired) electrons. The molecular formula is C11H13NO5S. The van der Waals surface area contributed by atoms with Crippen LogP contribution in [0.1, 0.15) is 11.7 Å². The average molecular weight is 271 g/mol. The Morgan fingerprint density at radius 3 is 2.72 bits per heavy atom. The minimum absolute atomic E-state index is 0.326. The summed E-state index contributed by atoms with van der Waals surface area (Å²) in [5, 5.41) is 9.79. The van der Waals surface area contributed by atoms with Crippen LogP contribution < -0.4 is 5.76 Å². The fraction of sp³-hybridized carbons (Fsp3) is 0.364. The van der Waals surface area contributed by atoms with Crippen LogP contribution in [-0.2, 0) is 16.9 Å². The third-order valence-electron chi connectivity index (χ3n) is 2.66. The van der Waals surface area contributed by atoms with E-state index in [0.29, 0.717) is 16.7 Å². The van der Waals surface area contributed by atoms with Gasteiger partial charge in [-0.2, -0.15) is 0 Å². The van der Waals surface area contributed by atoms with Crippen LogP contribution in [0.15, 0.2) is 27.4 Å². The highest BCUT2D eigenvalue weighted by Gasteiger charge is 2.16. The second-order valence-electron chi connectivity index (χ2n) is 4.26. The van der Waals surface area contributed by atoms with Crippen LogP contribution >= 0.6 is 0 Å². The van der Waals surface area contributed by atoms with Crippen LogP contribution in [0.25, 0.3) is 11.1 Å². The predicted molar refractivity (Wildman–Crippen MR) is 66.1 cm³/mol. The predicted octanol–water partition coefficient (Wildman–Crippen LogP) is 0.209. The Hall–Kier alpha value is -1.60. The molecule has 1 aromatic carbocycles. The van der Waals surface area contributed by atoms with E-state index in [1.54, 1.807) is 19.2 Å². The molecule has 0 aliphatic carbocycles. The number of aromatic nitrogens is 1. The van der Waals surface area contributed by atoms with E-state index in [1.165, 1.54) is 10.6 Å². The molecule has 0 fully saturated rings. The third kappa shape index (κ3) is 2.46. The van der Waals surface area contributed by atoms with Crippen LogP contribution in [0, 0.1) is 0 Å². The third-order valence-corrected chi connectivity index (χ3v) is 3.58. The zero-order valence-electron chi connectivity index (χ0n) is 9.95. The molecule has 2 rings (SSSR count). The molecule has 1 N–H and O–H groups in total. The van der Waals surface area contributed by atoms with Crippen molar-refractivity contribution in [2.24, 2.45) is 7.05 Å². The van der Waals surface area contributed by atoms with Gasteiger partial charge in [0.15, 0.2) is 5.58 Å². The van der Waals surface area contributed by atoms with Crippen molar-refractivity contribution in [1.29, 1.82) is 0 Å². The van der Waals surface area contributed by atoms with E-state index in [9.17, 15) is 18.3 Å². The molecule has 18 heavy (non-hydrogen) atoms. The number of hydrogen-bond acceptors (Lipinski definition) is 5.